The summed E-state index contributed by atoms with van der Waals surface area (Å²) in [5.74, 6) is -1.22. The molecule has 0 saturated heterocycles. The molecule has 2 aromatic heterocycles. The molecule has 7 heteroatoms. The van der Waals surface area contributed by atoms with E-state index >= 15 is 0 Å². The summed E-state index contributed by atoms with van der Waals surface area (Å²) in [5, 5.41) is 14.2. The van der Waals surface area contributed by atoms with Crippen LogP contribution in [0.1, 0.15) is 40.9 Å². The highest BCUT2D eigenvalue weighted by atomic mass is 32.1. The molecule has 0 spiro atoms. The summed E-state index contributed by atoms with van der Waals surface area (Å²) in [6.07, 6.45) is 0.763. The van der Waals surface area contributed by atoms with Gasteiger partial charge in [0.15, 0.2) is 5.76 Å². The number of aliphatic hydroxyl groups excluding tert-OH is 1. The molecule has 0 aromatic carbocycles. The lowest BCUT2D eigenvalue weighted by Crippen LogP contribution is -2.32. The molecule has 0 saturated carbocycles. The van der Waals surface area contributed by atoms with Crippen molar-refractivity contribution in [3.05, 3.63) is 56.1 Å². The van der Waals surface area contributed by atoms with Crippen molar-refractivity contribution in [1.82, 2.24) is 4.90 Å². The number of carbonyl (C=O) groups excluding carboxylic acids is 2. The van der Waals surface area contributed by atoms with Gasteiger partial charge >= 0.3 is 0 Å². The fourth-order valence-corrected chi connectivity index (χ4v) is 4.48. The van der Waals surface area contributed by atoms with Crippen molar-refractivity contribution in [2.24, 2.45) is 0 Å². The molecule has 138 valence electrons. The predicted molar refractivity (Wildman–Crippen MR) is 103 cm³/mol. The zero-order valence-corrected chi connectivity index (χ0v) is 16.3. The lowest BCUT2D eigenvalue weighted by atomic mass is 10.0. The summed E-state index contributed by atoms with van der Waals surface area (Å²) < 4.78 is 5.55. The van der Waals surface area contributed by atoms with Crippen LogP contribution in [0.2, 0.25) is 0 Å². The molecule has 3 rings (SSSR count). The van der Waals surface area contributed by atoms with Crippen LogP contribution < -0.4 is 0 Å². The second-order valence-corrected chi connectivity index (χ2v) is 8.19. The van der Waals surface area contributed by atoms with E-state index in [0.29, 0.717) is 24.4 Å². The van der Waals surface area contributed by atoms with E-state index in [4.69, 9.17) is 4.74 Å². The number of thiophene rings is 2. The Morgan fingerprint density at radius 3 is 2.62 bits per heavy atom. The minimum Gasteiger partial charge on any atom is -0.503 e. The molecule has 0 aliphatic carbocycles. The molecule has 1 N–H and O–H groups in total. The number of hydrogen-bond acceptors (Lipinski definition) is 6. The third-order valence-electron chi connectivity index (χ3n) is 4.10. The summed E-state index contributed by atoms with van der Waals surface area (Å²) in [5.41, 5.74) is 0.171. The smallest absolute Gasteiger partial charge is 0.290 e. The van der Waals surface area contributed by atoms with Crippen molar-refractivity contribution in [1.29, 1.82) is 0 Å². The highest BCUT2D eigenvalue weighted by molar-refractivity contribution is 7.12. The maximum Gasteiger partial charge on any atom is 0.290 e. The molecule has 0 bridgehead atoms. The third-order valence-corrected chi connectivity index (χ3v) is 5.89. The molecule has 1 amide bonds. The zero-order chi connectivity index (χ0) is 18.7. The van der Waals surface area contributed by atoms with Gasteiger partial charge in [0.1, 0.15) is 0 Å². The van der Waals surface area contributed by atoms with E-state index < -0.39 is 17.7 Å². The highest BCUT2D eigenvalue weighted by Crippen LogP contribution is 2.41. The standard InChI is InChI=1S/C19H21NO4S2/c1-12(2)24-9-5-8-20-16(13-6-3-10-25-13)15(18(22)19(20)23)17(21)14-7-4-11-26-14/h3-4,6-7,10-12,16,22H,5,8-9H2,1-2H3/t16-/m1/s1. The van der Waals surface area contributed by atoms with E-state index in [0.717, 1.165) is 4.88 Å². The maximum atomic E-state index is 12.9. The van der Waals surface area contributed by atoms with Gasteiger partial charge in [-0.15, -0.1) is 22.7 Å². The Labute approximate surface area is 160 Å². The topological polar surface area (TPSA) is 66.8 Å². The zero-order valence-electron chi connectivity index (χ0n) is 14.7. The summed E-state index contributed by atoms with van der Waals surface area (Å²) in [4.78, 5) is 28.5. The predicted octanol–water partition coefficient (Wildman–Crippen LogP) is 4.20. The Kier molecular flexibility index (Phi) is 5.90. The van der Waals surface area contributed by atoms with Crippen LogP contribution in [0.5, 0.6) is 0 Å². The van der Waals surface area contributed by atoms with Crippen molar-refractivity contribution >= 4 is 34.4 Å². The van der Waals surface area contributed by atoms with Gasteiger partial charge in [0.2, 0.25) is 5.78 Å². The summed E-state index contributed by atoms with van der Waals surface area (Å²) in [7, 11) is 0. The van der Waals surface area contributed by atoms with E-state index in [1.807, 2.05) is 36.7 Å². The van der Waals surface area contributed by atoms with E-state index in [9.17, 15) is 14.7 Å². The molecular formula is C19H21NO4S2. The minimum atomic E-state index is -0.545. The van der Waals surface area contributed by atoms with Crippen LogP contribution in [-0.2, 0) is 9.53 Å². The molecule has 1 atom stereocenters. The van der Waals surface area contributed by atoms with Gasteiger partial charge < -0.3 is 14.7 Å². The molecule has 0 unspecified atom stereocenters. The van der Waals surface area contributed by atoms with Gasteiger partial charge in [-0.3, -0.25) is 9.59 Å². The monoisotopic (exact) mass is 391 g/mol. The van der Waals surface area contributed by atoms with Gasteiger partial charge in [0.25, 0.3) is 5.91 Å². The summed E-state index contributed by atoms with van der Waals surface area (Å²) in [6, 6.07) is 6.72. The van der Waals surface area contributed by atoms with E-state index in [2.05, 4.69) is 0 Å². The molecular weight excluding hydrogens is 370 g/mol. The van der Waals surface area contributed by atoms with Crippen LogP contribution in [0.4, 0.5) is 0 Å². The Morgan fingerprint density at radius 1 is 1.27 bits per heavy atom. The fourth-order valence-electron chi connectivity index (χ4n) is 2.95. The van der Waals surface area contributed by atoms with Crippen molar-refractivity contribution in [2.45, 2.75) is 32.4 Å². The number of hydrogen-bond donors (Lipinski definition) is 1. The first kappa shape index (κ1) is 18.8. The SMILES string of the molecule is CC(C)OCCCN1C(=O)C(O)=C(C(=O)c2cccs2)[C@H]1c1cccs1. The Balaban J connectivity index is 1.87. The second kappa shape index (κ2) is 8.16. The number of carbonyl (C=O) groups is 2. The number of Topliss-reactive ketones (excluding diaryl/α,β-unsaturated/α-hetero) is 1. The Hall–Kier alpha value is -1.96. The number of aliphatic hydroxyl groups is 1. The summed E-state index contributed by atoms with van der Waals surface area (Å²) >= 11 is 2.78. The molecule has 1 aliphatic heterocycles. The quantitative estimate of drug-likeness (QED) is 0.541. The van der Waals surface area contributed by atoms with Gasteiger partial charge in [-0.05, 0) is 43.2 Å². The van der Waals surface area contributed by atoms with Gasteiger partial charge in [0, 0.05) is 18.0 Å². The first-order valence-corrected chi connectivity index (χ1v) is 10.2. The average molecular weight is 392 g/mol. The minimum absolute atomic E-state index is 0.125. The van der Waals surface area contributed by atoms with Gasteiger partial charge in [-0.1, -0.05) is 12.1 Å². The van der Waals surface area contributed by atoms with Crippen LogP contribution in [0.25, 0.3) is 0 Å². The van der Waals surface area contributed by atoms with Gasteiger partial charge in [-0.25, -0.2) is 0 Å². The summed E-state index contributed by atoms with van der Waals surface area (Å²) in [6.45, 7) is 4.86. The lowest BCUT2D eigenvalue weighted by molar-refractivity contribution is -0.129. The third kappa shape index (κ3) is 3.75. The number of ketones is 1. The average Bonchev–Trinajstić information content (AvgIpc) is 3.34. The van der Waals surface area contributed by atoms with E-state index in [-0.39, 0.29) is 17.5 Å². The Morgan fingerprint density at radius 2 is 2.00 bits per heavy atom. The van der Waals surface area contributed by atoms with E-state index in [1.165, 1.54) is 22.7 Å². The molecule has 5 nitrogen and oxygen atoms in total. The van der Waals surface area contributed by atoms with Crippen LogP contribution in [-0.4, -0.2) is 41.0 Å². The molecule has 0 fully saturated rings. The molecule has 1 aliphatic rings. The lowest BCUT2D eigenvalue weighted by Gasteiger charge is -2.25. The van der Waals surface area contributed by atoms with Crippen LogP contribution >= 0.6 is 22.7 Å². The largest absolute Gasteiger partial charge is 0.503 e. The van der Waals surface area contributed by atoms with Crippen LogP contribution in [0.3, 0.4) is 0 Å². The van der Waals surface area contributed by atoms with Crippen molar-refractivity contribution in [3.63, 3.8) is 0 Å². The molecule has 26 heavy (non-hydrogen) atoms. The van der Waals surface area contributed by atoms with Crippen molar-refractivity contribution in [3.8, 4) is 0 Å². The second-order valence-electron chi connectivity index (χ2n) is 6.26. The van der Waals surface area contributed by atoms with Crippen LogP contribution in [0.15, 0.2) is 46.4 Å². The molecule has 0 radical (unpaired) electrons. The number of amides is 1. The van der Waals surface area contributed by atoms with Crippen molar-refractivity contribution in [2.75, 3.05) is 13.2 Å². The first-order chi connectivity index (χ1) is 12.5. The Bertz CT molecular complexity index is 794. The molecule has 2 aromatic rings. The number of ether oxygens (including phenoxy) is 1. The molecule has 3 heterocycles. The highest BCUT2D eigenvalue weighted by Gasteiger charge is 2.44. The maximum absolute atomic E-state index is 12.9. The first-order valence-electron chi connectivity index (χ1n) is 8.48. The van der Waals surface area contributed by atoms with Crippen LogP contribution in [0, 0.1) is 0 Å². The van der Waals surface area contributed by atoms with E-state index in [1.54, 1.807) is 17.0 Å². The fraction of sp³-hybridized carbons (Fsp3) is 0.368. The van der Waals surface area contributed by atoms with Gasteiger partial charge in [0.05, 0.1) is 22.6 Å². The number of rotatable bonds is 8. The normalized spacial score (nSPS) is 17.6. The van der Waals surface area contributed by atoms with Gasteiger partial charge in [-0.2, -0.15) is 0 Å². The van der Waals surface area contributed by atoms with Crippen molar-refractivity contribution < 1.29 is 19.4 Å². The number of nitrogens with zero attached hydrogens (tertiary/aromatic N) is 1.